The van der Waals surface area contributed by atoms with Crippen molar-refractivity contribution >= 4 is 0 Å². The average molecular weight is 196 g/mol. The topological polar surface area (TPSA) is 38.5 Å². The van der Waals surface area contributed by atoms with Gasteiger partial charge in [-0.2, -0.15) is 0 Å². The van der Waals surface area contributed by atoms with Gasteiger partial charge in [0.1, 0.15) is 0 Å². The highest BCUT2D eigenvalue weighted by Crippen LogP contribution is 2.13. The molecule has 0 aromatic rings. The average Bonchev–Trinajstić information content (AvgIpc) is 2.21. The molecule has 0 radical (unpaired) electrons. The molecule has 0 bridgehead atoms. The molecular formula is C11H20N2O. The summed E-state index contributed by atoms with van der Waals surface area (Å²) in [6.45, 7) is 4.43. The zero-order valence-electron chi connectivity index (χ0n) is 8.74. The van der Waals surface area contributed by atoms with Crippen molar-refractivity contribution in [1.29, 1.82) is 0 Å². The van der Waals surface area contributed by atoms with Crippen molar-refractivity contribution in [2.24, 2.45) is 5.73 Å². The van der Waals surface area contributed by atoms with Crippen LogP contribution in [0.1, 0.15) is 19.3 Å². The second-order valence-corrected chi connectivity index (χ2v) is 3.69. The number of hydrogen-bond acceptors (Lipinski definition) is 3. The standard InChI is InChI=1S/C11H20N2O/c1-2-7-13-8-4-11(5-9-13)14-10-3-6-12/h1,11H,3-10,12H2. The molecule has 1 aliphatic heterocycles. The molecule has 0 amide bonds. The van der Waals surface area contributed by atoms with Crippen molar-refractivity contribution in [3.63, 3.8) is 0 Å². The number of hydrogen-bond donors (Lipinski definition) is 1. The third-order valence-corrected chi connectivity index (χ3v) is 2.55. The van der Waals surface area contributed by atoms with Gasteiger partial charge >= 0.3 is 0 Å². The summed E-state index contributed by atoms with van der Waals surface area (Å²) in [4.78, 5) is 2.29. The molecule has 0 aliphatic carbocycles. The van der Waals surface area contributed by atoms with Gasteiger partial charge in [0, 0.05) is 19.7 Å². The minimum atomic E-state index is 0.426. The molecule has 0 aromatic heterocycles. The number of likely N-dealkylation sites (tertiary alicyclic amines) is 1. The van der Waals surface area contributed by atoms with Crippen LogP contribution in [0.25, 0.3) is 0 Å². The lowest BCUT2D eigenvalue weighted by atomic mass is 10.1. The fraction of sp³-hybridized carbons (Fsp3) is 0.818. The monoisotopic (exact) mass is 196 g/mol. The second kappa shape index (κ2) is 6.83. The predicted molar refractivity (Wildman–Crippen MR) is 57.9 cm³/mol. The molecule has 14 heavy (non-hydrogen) atoms. The quantitative estimate of drug-likeness (QED) is 0.512. The first-order chi connectivity index (χ1) is 6.86. The van der Waals surface area contributed by atoms with Gasteiger partial charge in [-0.15, -0.1) is 6.42 Å². The summed E-state index contributed by atoms with van der Waals surface area (Å²) < 4.78 is 5.69. The Kier molecular flexibility index (Phi) is 5.62. The van der Waals surface area contributed by atoms with Crippen LogP contribution in [0.15, 0.2) is 0 Å². The van der Waals surface area contributed by atoms with Crippen molar-refractivity contribution in [3.8, 4) is 12.3 Å². The summed E-state index contributed by atoms with van der Waals surface area (Å²) in [7, 11) is 0. The van der Waals surface area contributed by atoms with Crippen LogP contribution in [0.3, 0.4) is 0 Å². The first-order valence-electron chi connectivity index (χ1n) is 5.34. The molecule has 0 atom stereocenters. The Morgan fingerprint density at radius 2 is 2.14 bits per heavy atom. The molecule has 0 saturated carbocycles. The Morgan fingerprint density at radius 3 is 2.71 bits per heavy atom. The van der Waals surface area contributed by atoms with Gasteiger partial charge in [0.05, 0.1) is 12.6 Å². The lowest BCUT2D eigenvalue weighted by Crippen LogP contribution is -2.37. The van der Waals surface area contributed by atoms with E-state index in [9.17, 15) is 0 Å². The zero-order valence-corrected chi connectivity index (χ0v) is 8.74. The van der Waals surface area contributed by atoms with Gasteiger partial charge in [-0.05, 0) is 25.8 Å². The Balaban J connectivity index is 2.07. The summed E-state index contributed by atoms with van der Waals surface area (Å²) in [6.07, 6.45) is 8.85. The SMILES string of the molecule is C#CCN1CCC(OCCCN)CC1. The van der Waals surface area contributed by atoms with E-state index in [1.165, 1.54) is 0 Å². The Bertz CT molecular complexity index is 180. The minimum absolute atomic E-state index is 0.426. The van der Waals surface area contributed by atoms with Gasteiger partial charge in [-0.3, -0.25) is 4.90 Å². The minimum Gasteiger partial charge on any atom is -0.378 e. The van der Waals surface area contributed by atoms with Gasteiger partial charge in [0.25, 0.3) is 0 Å². The van der Waals surface area contributed by atoms with Crippen LogP contribution < -0.4 is 5.73 Å². The highest BCUT2D eigenvalue weighted by molar-refractivity contribution is 4.89. The smallest absolute Gasteiger partial charge is 0.0599 e. The van der Waals surface area contributed by atoms with E-state index in [1.54, 1.807) is 0 Å². The lowest BCUT2D eigenvalue weighted by molar-refractivity contribution is 0.00989. The molecule has 80 valence electrons. The summed E-state index contributed by atoms with van der Waals surface area (Å²) >= 11 is 0. The van der Waals surface area contributed by atoms with Crippen molar-refractivity contribution in [3.05, 3.63) is 0 Å². The molecule has 1 rings (SSSR count). The van der Waals surface area contributed by atoms with E-state index >= 15 is 0 Å². The first kappa shape index (κ1) is 11.5. The van der Waals surface area contributed by atoms with Crippen molar-refractivity contribution in [2.75, 3.05) is 32.8 Å². The van der Waals surface area contributed by atoms with E-state index < -0.39 is 0 Å². The summed E-state index contributed by atoms with van der Waals surface area (Å²) in [5.41, 5.74) is 5.40. The number of piperidine rings is 1. The summed E-state index contributed by atoms with van der Waals surface area (Å²) in [6, 6.07) is 0. The normalized spacial score (nSPS) is 19.4. The molecule has 3 nitrogen and oxygen atoms in total. The molecule has 1 aliphatic rings. The first-order valence-corrected chi connectivity index (χ1v) is 5.34. The van der Waals surface area contributed by atoms with Crippen LogP contribution in [0.2, 0.25) is 0 Å². The molecule has 3 heteroatoms. The molecule has 2 N–H and O–H groups in total. The molecule has 1 saturated heterocycles. The summed E-state index contributed by atoms with van der Waals surface area (Å²) in [5, 5.41) is 0. The maximum absolute atomic E-state index is 5.69. The van der Waals surface area contributed by atoms with Crippen LogP contribution in [-0.4, -0.2) is 43.8 Å². The van der Waals surface area contributed by atoms with Crippen LogP contribution in [0.5, 0.6) is 0 Å². The molecule has 1 heterocycles. The Morgan fingerprint density at radius 1 is 1.43 bits per heavy atom. The Hall–Kier alpha value is -0.560. The molecular weight excluding hydrogens is 176 g/mol. The third kappa shape index (κ3) is 4.10. The van der Waals surface area contributed by atoms with E-state index in [2.05, 4.69) is 10.8 Å². The fourth-order valence-electron chi connectivity index (χ4n) is 1.70. The lowest BCUT2D eigenvalue weighted by Gasteiger charge is -2.30. The van der Waals surface area contributed by atoms with Crippen LogP contribution in [0.4, 0.5) is 0 Å². The van der Waals surface area contributed by atoms with Crippen molar-refractivity contribution < 1.29 is 4.74 Å². The van der Waals surface area contributed by atoms with Crippen LogP contribution >= 0.6 is 0 Å². The number of rotatable bonds is 5. The molecule has 0 aromatic carbocycles. The van der Waals surface area contributed by atoms with E-state index in [0.717, 1.165) is 52.0 Å². The van der Waals surface area contributed by atoms with Gasteiger partial charge in [0.15, 0.2) is 0 Å². The van der Waals surface area contributed by atoms with Gasteiger partial charge in [-0.25, -0.2) is 0 Å². The number of nitrogens with two attached hydrogens (primary N) is 1. The van der Waals surface area contributed by atoms with E-state index in [4.69, 9.17) is 16.9 Å². The number of terminal acetylenes is 1. The summed E-state index contributed by atoms with van der Waals surface area (Å²) in [5.74, 6) is 2.67. The van der Waals surface area contributed by atoms with Crippen LogP contribution in [0, 0.1) is 12.3 Å². The highest BCUT2D eigenvalue weighted by Gasteiger charge is 2.18. The van der Waals surface area contributed by atoms with E-state index in [-0.39, 0.29) is 0 Å². The number of ether oxygens (including phenoxy) is 1. The fourth-order valence-corrected chi connectivity index (χ4v) is 1.70. The number of nitrogens with zero attached hydrogens (tertiary/aromatic N) is 1. The maximum atomic E-state index is 5.69. The van der Waals surface area contributed by atoms with Gasteiger partial charge in [0.2, 0.25) is 0 Å². The van der Waals surface area contributed by atoms with E-state index in [1.807, 2.05) is 0 Å². The highest BCUT2D eigenvalue weighted by atomic mass is 16.5. The molecule has 0 unspecified atom stereocenters. The largest absolute Gasteiger partial charge is 0.378 e. The molecule has 1 fully saturated rings. The maximum Gasteiger partial charge on any atom is 0.0599 e. The Labute approximate surface area is 86.6 Å². The predicted octanol–water partition coefficient (Wildman–Crippen LogP) is 0.449. The zero-order chi connectivity index (χ0) is 10.2. The second-order valence-electron chi connectivity index (χ2n) is 3.69. The third-order valence-electron chi connectivity index (χ3n) is 2.55. The molecule has 0 spiro atoms. The van der Waals surface area contributed by atoms with Gasteiger partial charge in [-0.1, -0.05) is 5.92 Å². The van der Waals surface area contributed by atoms with Crippen molar-refractivity contribution in [2.45, 2.75) is 25.4 Å². The van der Waals surface area contributed by atoms with Crippen molar-refractivity contribution in [1.82, 2.24) is 4.90 Å². The van der Waals surface area contributed by atoms with Gasteiger partial charge < -0.3 is 10.5 Å². The van der Waals surface area contributed by atoms with Crippen LogP contribution in [-0.2, 0) is 4.74 Å². The van der Waals surface area contributed by atoms with E-state index in [0.29, 0.717) is 6.10 Å².